The highest BCUT2D eigenvalue weighted by Crippen LogP contribution is 2.12. The van der Waals surface area contributed by atoms with E-state index in [2.05, 4.69) is 6.92 Å². The van der Waals surface area contributed by atoms with Crippen LogP contribution in [0.15, 0.2) is 0 Å². The fourth-order valence-electron chi connectivity index (χ4n) is 3.26. The summed E-state index contributed by atoms with van der Waals surface area (Å²) >= 11 is 0. The van der Waals surface area contributed by atoms with Gasteiger partial charge in [-0.2, -0.15) is 0 Å². The highest BCUT2D eigenvalue weighted by atomic mass is 16.5. The van der Waals surface area contributed by atoms with E-state index in [0.717, 1.165) is 12.8 Å². The van der Waals surface area contributed by atoms with Gasteiger partial charge in [0, 0.05) is 12.8 Å². The van der Waals surface area contributed by atoms with Crippen LogP contribution in [0.2, 0.25) is 0 Å². The summed E-state index contributed by atoms with van der Waals surface area (Å²) < 4.78 is 10.2. The van der Waals surface area contributed by atoms with Gasteiger partial charge in [0.25, 0.3) is 0 Å². The van der Waals surface area contributed by atoms with Crippen LogP contribution >= 0.6 is 0 Å². The zero-order valence-corrected chi connectivity index (χ0v) is 19.8. The minimum atomic E-state index is -0.692. The predicted molar refractivity (Wildman–Crippen MR) is 121 cm³/mol. The van der Waals surface area contributed by atoms with Crippen LogP contribution in [0.4, 0.5) is 0 Å². The quantitative estimate of drug-likeness (QED) is 0.151. The molecule has 0 spiro atoms. The number of Topliss-reactive ketones (excluding diaryl/α,β-unsaturated/α-hetero) is 1. The number of rotatable bonds is 21. The van der Waals surface area contributed by atoms with Crippen LogP contribution in [0.5, 0.6) is 0 Å². The Morgan fingerprint density at radius 2 is 1.07 bits per heavy atom. The lowest BCUT2D eigenvalue weighted by atomic mass is 10.0. The summed E-state index contributed by atoms with van der Waals surface area (Å²) in [4.78, 5) is 34.3. The number of carbonyl (C=O) groups excluding carboxylic acids is 3. The normalized spacial score (nSPS) is 11.8. The number of ether oxygens (including phenoxy) is 2. The molecule has 1 unspecified atom stereocenters. The average Bonchev–Trinajstić information content (AvgIpc) is 2.71. The lowest BCUT2D eigenvalue weighted by molar-refractivity contribution is -0.153. The summed E-state index contributed by atoms with van der Waals surface area (Å²) in [6.07, 6.45) is 17.9. The molecule has 0 radical (unpaired) electrons. The van der Waals surface area contributed by atoms with Crippen molar-refractivity contribution in [1.82, 2.24) is 0 Å². The lowest BCUT2D eigenvalue weighted by Crippen LogP contribution is -2.21. The predicted octanol–water partition coefficient (Wildman–Crippen LogP) is 6.70. The average molecular weight is 427 g/mol. The van der Waals surface area contributed by atoms with Gasteiger partial charge in [-0.05, 0) is 33.1 Å². The molecule has 0 bridgehead atoms. The fourth-order valence-corrected chi connectivity index (χ4v) is 3.26. The SMILES string of the molecule is CCCCCCCCCCCCCCCOC(=O)CCCCC(=O)OC(C)C(C)=O. The van der Waals surface area contributed by atoms with E-state index < -0.39 is 12.1 Å². The van der Waals surface area contributed by atoms with E-state index in [4.69, 9.17) is 9.47 Å². The first-order valence-corrected chi connectivity index (χ1v) is 12.3. The number of carbonyl (C=O) groups is 3. The van der Waals surface area contributed by atoms with E-state index >= 15 is 0 Å². The van der Waals surface area contributed by atoms with E-state index in [1.165, 1.54) is 77.6 Å². The topological polar surface area (TPSA) is 69.7 Å². The Bertz CT molecular complexity index is 447. The summed E-state index contributed by atoms with van der Waals surface area (Å²) in [6, 6.07) is 0. The number of esters is 2. The van der Waals surface area contributed by atoms with Crippen LogP contribution < -0.4 is 0 Å². The van der Waals surface area contributed by atoms with Crippen molar-refractivity contribution in [3.8, 4) is 0 Å². The van der Waals surface area contributed by atoms with Gasteiger partial charge in [-0.15, -0.1) is 0 Å². The van der Waals surface area contributed by atoms with Gasteiger partial charge in [0.05, 0.1) is 6.61 Å². The van der Waals surface area contributed by atoms with E-state index in [-0.39, 0.29) is 18.2 Å². The summed E-state index contributed by atoms with van der Waals surface area (Å²) in [5, 5.41) is 0. The van der Waals surface area contributed by atoms with Crippen LogP contribution in [0.25, 0.3) is 0 Å². The van der Waals surface area contributed by atoms with Crippen molar-refractivity contribution < 1.29 is 23.9 Å². The maximum atomic E-state index is 11.7. The number of ketones is 1. The molecule has 0 aliphatic heterocycles. The summed E-state index contributed by atoms with van der Waals surface area (Å²) in [5.74, 6) is -0.752. The van der Waals surface area contributed by atoms with Gasteiger partial charge in [-0.1, -0.05) is 84.0 Å². The first-order valence-electron chi connectivity index (χ1n) is 12.3. The van der Waals surface area contributed by atoms with Crippen LogP contribution in [0.1, 0.15) is 130 Å². The standard InChI is InChI=1S/C25H46O5/c1-4-5-6-7-8-9-10-11-12-13-14-15-18-21-29-24(27)19-16-17-20-25(28)30-23(3)22(2)26/h23H,4-21H2,1-3H3. The van der Waals surface area contributed by atoms with Gasteiger partial charge in [-0.3, -0.25) is 14.4 Å². The number of hydrogen-bond acceptors (Lipinski definition) is 5. The number of hydrogen-bond donors (Lipinski definition) is 0. The second-order valence-corrected chi connectivity index (χ2v) is 8.41. The van der Waals surface area contributed by atoms with Crippen molar-refractivity contribution in [2.45, 2.75) is 136 Å². The van der Waals surface area contributed by atoms with Gasteiger partial charge in [0.1, 0.15) is 0 Å². The van der Waals surface area contributed by atoms with Crippen molar-refractivity contribution >= 4 is 17.7 Å². The van der Waals surface area contributed by atoms with Crippen LogP contribution in [0, 0.1) is 0 Å². The molecule has 176 valence electrons. The molecule has 5 heteroatoms. The highest BCUT2D eigenvalue weighted by Gasteiger charge is 2.13. The first kappa shape index (κ1) is 28.6. The third-order valence-electron chi connectivity index (χ3n) is 5.40. The van der Waals surface area contributed by atoms with Crippen molar-refractivity contribution in [1.29, 1.82) is 0 Å². The van der Waals surface area contributed by atoms with E-state index in [9.17, 15) is 14.4 Å². The molecule has 0 aromatic heterocycles. The Morgan fingerprint density at radius 3 is 1.53 bits per heavy atom. The molecule has 0 N–H and O–H groups in total. The molecule has 0 fully saturated rings. The lowest BCUT2D eigenvalue weighted by Gasteiger charge is -2.09. The molecule has 0 aliphatic rings. The smallest absolute Gasteiger partial charge is 0.306 e. The first-order chi connectivity index (χ1) is 14.5. The van der Waals surface area contributed by atoms with E-state index in [0.29, 0.717) is 25.9 Å². The Balaban J connectivity index is 3.32. The van der Waals surface area contributed by atoms with Crippen molar-refractivity contribution in [3.05, 3.63) is 0 Å². The molecule has 0 heterocycles. The Morgan fingerprint density at radius 1 is 0.633 bits per heavy atom. The fraction of sp³-hybridized carbons (Fsp3) is 0.880. The minimum absolute atomic E-state index is 0.167. The van der Waals surface area contributed by atoms with Gasteiger partial charge < -0.3 is 9.47 Å². The van der Waals surface area contributed by atoms with Crippen molar-refractivity contribution in [3.63, 3.8) is 0 Å². The van der Waals surface area contributed by atoms with Crippen molar-refractivity contribution in [2.24, 2.45) is 0 Å². The minimum Gasteiger partial charge on any atom is -0.466 e. The monoisotopic (exact) mass is 426 g/mol. The Hall–Kier alpha value is -1.39. The number of unbranched alkanes of at least 4 members (excludes halogenated alkanes) is 13. The molecule has 0 aromatic rings. The molecule has 30 heavy (non-hydrogen) atoms. The van der Waals surface area contributed by atoms with Crippen molar-refractivity contribution in [2.75, 3.05) is 6.61 Å². The van der Waals surface area contributed by atoms with Crippen LogP contribution in [0.3, 0.4) is 0 Å². The molecule has 0 saturated heterocycles. The van der Waals surface area contributed by atoms with Gasteiger partial charge in [0.2, 0.25) is 0 Å². The third-order valence-corrected chi connectivity index (χ3v) is 5.40. The van der Waals surface area contributed by atoms with Gasteiger partial charge in [-0.25, -0.2) is 0 Å². The summed E-state index contributed by atoms with van der Waals surface area (Å²) in [7, 11) is 0. The molecular weight excluding hydrogens is 380 g/mol. The second kappa shape index (κ2) is 20.9. The molecule has 0 aromatic carbocycles. The van der Waals surface area contributed by atoms with Gasteiger partial charge in [0.15, 0.2) is 11.9 Å². The molecular formula is C25H46O5. The molecule has 0 saturated carbocycles. The largest absolute Gasteiger partial charge is 0.466 e. The molecule has 5 nitrogen and oxygen atoms in total. The molecule has 0 rings (SSSR count). The Labute approximate surface area is 184 Å². The summed E-state index contributed by atoms with van der Waals surface area (Å²) in [5.41, 5.74) is 0. The molecule has 0 aliphatic carbocycles. The van der Waals surface area contributed by atoms with E-state index in [1.54, 1.807) is 6.92 Å². The second-order valence-electron chi connectivity index (χ2n) is 8.41. The molecule has 1 atom stereocenters. The maximum Gasteiger partial charge on any atom is 0.306 e. The third kappa shape index (κ3) is 19.9. The maximum absolute atomic E-state index is 11.7. The van der Waals surface area contributed by atoms with Crippen LogP contribution in [-0.4, -0.2) is 30.4 Å². The van der Waals surface area contributed by atoms with Crippen LogP contribution in [-0.2, 0) is 23.9 Å². The zero-order chi connectivity index (χ0) is 22.5. The summed E-state index contributed by atoms with van der Waals surface area (Å²) in [6.45, 7) is 5.71. The van der Waals surface area contributed by atoms with E-state index in [1.807, 2.05) is 0 Å². The van der Waals surface area contributed by atoms with Gasteiger partial charge >= 0.3 is 11.9 Å². The highest BCUT2D eigenvalue weighted by molar-refractivity contribution is 5.83. The Kier molecular flexibility index (Phi) is 19.9. The molecule has 0 amide bonds. The zero-order valence-electron chi connectivity index (χ0n) is 19.8.